The number of aryl methyl sites for hydroxylation is 2. The zero-order valence-corrected chi connectivity index (χ0v) is 71.3. The van der Waals surface area contributed by atoms with Crippen molar-refractivity contribution in [2.75, 3.05) is 13.1 Å². The Morgan fingerprint density at radius 3 is 1.27 bits per heavy atom. The molecule has 13 rings (SSSR count). The van der Waals surface area contributed by atoms with E-state index in [0.717, 1.165) is 73.4 Å². The minimum absolute atomic E-state index is 0.00551. The van der Waals surface area contributed by atoms with Gasteiger partial charge in [-0.25, -0.2) is 0 Å². The van der Waals surface area contributed by atoms with E-state index < -0.39 is 18.1 Å². The molecule has 0 aliphatic carbocycles. The van der Waals surface area contributed by atoms with E-state index in [0.29, 0.717) is 74.8 Å². The second kappa shape index (κ2) is 39.0. The number of carbonyl (C=O) groups is 3. The third kappa shape index (κ3) is 23.0. The molecule has 3 unspecified atom stereocenters. The summed E-state index contributed by atoms with van der Waals surface area (Å²) in [6, 6.07) is 77.2. The fourth-order valence-electron chi connectivity index (χ4n) is 14.5. The van der Waals surface area contributed by atoms with Crippen LogP contribution in [0.5, 0.6) is 0 Å². The summed E-state index contributed by atoms with van der Waals surface area (Å²) < 4.78 is 5.61. The Bertz CT molecular complexity index is 5620. The highest BCUT2D eigenvalue weighted by molar-refractivity contribution is 6.45. The van der Waals surface area contributed by atoms with Crippen molar-refractivity contribution in [1.82, 2.24) is 39.8 Å². The van der Waals surface area contributed by atoms with E-state index in [1.54, 1.807) is 79.8 Å². The maximum atomic E-state index is 14.0. The Kier molecular flexibility index (Phi) is 29.5. The van der Waals surface area contributed by atoms with Crippen LogP contribution >= 0.6 is 34.8 Å². The number of amides is 2. The van der Waals surface area contributed by atoms with E-state index in [9.17, 15) is 33.8 Å². The molecule has 12 aromatic rings. The maximum Gasteiger partial charge on any atom is 0.374 e. The van der Waals surface area contributed by atoms with Gasteiger partial charge in [0.15, 0.2) is 0 Å². The average molecular weight is 1620 g/mol. The Balaban J connectivity index is 0.000000171. The van der Waals surface area contributed by atoms with E-state index in [4.69, 9.17) is 39.8 Å². The summed E-state index contributed by atoms with van der Waals surface area (Å²) in [5.41, 5.74) is 8.86. The summed E-state index contributed by atoms with van der Waals surface area (Å²) in [5.74, 6) is 1.22. The molecule has 1 aliphatic heterocycles. The first-order valence-electron chi connectivity index (χ1n) is 39.5. The number of nitrogens with zero attached hydrogens (tertiary/aromatic N) is 5. The molecular weight excluding hydrogens is 1510 g/mol. The number of carbonyl (C=O) groups excluding carboxylic acids is 3. The fraction of sp³-hybridized carbons (Fsp3) is 0.302. The summed E-state index contributed by atoms with van der Waals surface area (Å²) in [4.78, 5) is 83.7. The van der Waals surface area contributed by atoms with Gasteiger partial charge in [0.05, 0.1) is 42.8 Å². The molecule has 3 atom stereocenters. The van der Waals surface area contributed by atoms with Crippen molar-refractivity contribution < 1.29 is 19.4 Å². The largest absolute Gasteiger partial charge is 0.437 e. The number of amidine groups is 1. The van der Waals surface area contributed by atoms with Gasteiger partial charge in [-0.15, -0.1) is 0 Å². The van der Waals surface area contributed by atoms with Crippen LogP contribution in [0, 0.1) is 31.6 Å². The summed E-state index contributed by atoms with van der Waals surface area (Å²) in [6.07, 6.45) is 0.716. The Labute approximate surface area is 697 Å². The van der Waals surface area contributed by atoms with E-state index in [1.165, 1.54) is 5.56 Å². The van der Waals surface area contributed by atoms with Crippen LogP contribution in [0.3, 0.4) is 0 Å². The Hall–Kier alpha value is -10.5. The molecule has 1 aliphatic rings. The van der Waals surface area contributed by atoms with Crippen LogP contribution in [-0.2, 0) is 24.4 Å². The zero-order chi connectivity index (χ0) is 83.9. The van der Waals surface area contributed by atoms with Crippen molar-refractivity contribution in [1.29, 1.82) is 0 Å². The van der Waals surface area contributed by atoms with Gasteiger partial charge in [0.2, 0.25) is 0 Å². The Morgan fingerprint density at radius 1 is 0.500 bits per heavy atom. The van der Waals surface area contributed by atoms with Crippen LogP contribution in [0.2, 0.25) is 21.9 Å². The quantitative estimate of drug-likeness (QED) is 0.0286. The van der Waals surface area contributed by atoms with Crippen LogP contribution in [0.15, 0.2) is 262 Å². The van der Waals surface area contributed by atoms with Crippen molar-refractivity contribution in [2.45, 2.75) is 158 Å². The molecule has 4 heterocycles. The van der Waals surface area contributed by atoms with Crippen molar-refractivity contribution in [3.8, 4) is 0 Å². The monoisotopic (exact) mass is 1610 g/mol. The molecule has 16 nitrogen and oxygen atoms in total. The van der Waals surface area contributed by atoms with Crippen LogP contribution in [0.1, 0.15) is 172 Å². The number of aliphatic imine (C=N–C) groups is 1. The van der Waals surface area contributed by atoms with Gasteiger partial charge >= 0.3 is 7.05 Å². The van der Waals surface area contributed by atoms with Gasteiger partial charge in [-0.1, -0.05) is 233 Å². The number of hydrogen-bond donors (Lipinski definition) is 5. The first-order valence-corrected chi connectivity index (χ1v) is 40.7. The van der Waals surface area contributed by atoms with E-state index in [2.05, 4.69) is 137 Å². The number of aldehydes is 1. The summed E-state index contributed by atoms with van der Waals surface area (Å²) >= 11 is 18.8. The molecule has 0 bridgehead atoms. The lowest BCUT2D eigenvalue weighted by Gasteiger charge is -2.36. The van der Waals surface area contributed by atoms with Gasteiger partial charge < -0.3 is 49.6 Å². The van der Waals surface area contributed by atoms with E-state index in [1.807, 2.05) is 169 Å². The van der Waals surface area contributed by atoms with Gasteiger partial charge in [-0.05, 0) is 210 Å². The third-order valence-corrected chi connectivity index (χ3v) is 21.1. The molecule has 20 heteroatoms. The van der Waals surface area contributed by atoms with E-state index >= 15 is 0 Å². The lowest BCUT2D eigenvalue weighted by Crippen LogP contribution is -2.51. The summed E-state index contributed by atoms with van der Waals surface area (Å²) in [5, 5.41) is 28.8. The SMILES string of the molecule is CB(O)NC(c1cc2cc(Cl)ccc2c(=O)n1Cc1ccccc1)C(C)C.CC(C)(C=O)NC(=O)c1ccccc1.Cc1ccc(C(=O)NC(C)(C)CNC(c2cc3cc(Cl)ccc3c(=O)n2Cc2ccccc2)C(C)C)cc1.Cc1ccc(C2=NC(C)(C)CN2C(c2cc3cc(Cl)ccc3c(=O)n2Cc2ccccc2)C(C)C)cc1. The standard InChI is InChI=1S/C32H36ClN3O2.C32H34ClN3O.C21H24BClN2O2.C11H13NO2/c1-21(2)29(34-20-32(4,5)35-30(37)24-13-11-22(3)12-14-24)28-18-25-17-26(33)15-16-27(25)31(38)36(28)19-23-9-7-6-8-10-23;1-21(2)29(36-20-32(4,5)34-30(36)24-13-11-22(3)12-14-24)28-18-25-17-26(33)15-16-27(25)31(37)35(28)19-23-9-7-6-8-10-23;1-14(2)20(24-22(3)27)19-12-16-11-17(23)9-10-18(16)21(26)25(19)13-15-7-5-4-6-8-15;1-11(2,8-13)12-10(14)9-6-4-3-5-7-9/h6-18,21,29,34H,19-20H2,1-5H3,(H,35,37);6-18,21,29H,19-20H2,1-5H3;4-12,14,20,24,27H,13H2,1-3H3;3-8H,1-2H3,(H,12,14). The van der Waals surface area contributed by atoms with Crippen LogP contribution in [0.25, 0.3) is 32.3 Å². The lowest BCUT2D eigenvalue weighted by molar-refractivity contribution is -0.112. The number of rotatable bonds is 24. The highest BCUT2D eigenvalue weighted by Crippen LogP contribution is 2.38. The topological polar surface area (TPSA) is 201 Å². The number of fused-ring (bicyclic) bond motifs is 3. The molecule has 3 aromatic heterocycles. The molecule has 2 amide bonds. The first-order chi connectivity index (χ1) is 55.1. The van der Waals surface area contributed by atoms with Crippen molar-refractivity contribution in [2.24, 2.45) is 22.7 Å². The minimum atomic E-state index is -0.813. The highest BCUT2D eigenvalue weighted by atomic mass is 35.5. The average Bonchev–Trinajstić information content (AvgIpc) is 1.61. The maximum absolute atomic E-state index is 14.0. The highest BCUT2D eigenvalue weighted by Gasteiger charge is 2.40. The van der Waals surface area contributed by atoms with Crippen molar-refractivity contribution in [3.05, 3.63) is 350 Å². The van der Waals surface area contributed by atoms with Crippen LogP contribution < -0.4 is 37.9 Å². The molecule has 5 N–H and O–H groups in total. The molecule has 116 heavy (non-hydrogen) atoms. The molecule has 0 saturated heterocycles. The summed E-state index contributed by atoms with van der Waals surface area (Å²) in [7, 11) is -0.687. The van der Waals surface area contributed by atoms with Gasteiger partial charge in [0.25, 0.3) is 28.5 Å². The normalized spacial score (nSPS) is 13.4. The minimum Gasteiger partial charge on any atom is -0.437 e. The number of aromatic nitrogens is 3. The van der Waals surface area contributed by atoms with E-state index in [-0.39, 0.29) is 69.9 Å². The third-order valence-electron chi connectivity index (χ3n) is 20.4. The fourth-order valence-corrected chi connectivity index (χ4v) is 15.1. The van der Waals surface area contributed by atoms with Gasteiger partial charge in [0.1, 0.15) is 12.1 Å². The Morgan fingerprint density at radius 2 is 0.871 bits per heavy atom. The van der Waals surface area contributed by atoms with Crippen LogP contribution in [0.4, 0.5) is 0 Å². The predicted octanol–water partition coefficient (Wildman–Crippen LogP) is 19.3. The van der Waals surface area contributed by atoms with Gasteiger partial charge in [-0.3, -0.25) is 29.0 Å². The smallest absolute Gasteiger partial charge is 0.374 e. The molecule has 602 valence electrons. The predicted molar refractivity (Wildman–Crippen MR) is 479 cm³/mol. The molecule has 0 spiro atoms. The second-order valence-electron chi connectivity index (χ2n) is 33.0. The molecular formula is C96H107BCl3N9O7. The number of hydrogen-bond acceptors (Lipinski definition) is 11. The molecule has 0 radical (unpaired) electrons. The van der Waals surface area contributed by atoms with Gasteiger partial charge in [-0.2, -0.15) is 0 Å². The van der Waals surface area contributed by atoms with Crippen LogP contribution in [-0.4, -0.2) is 84.3 Å². The zero-order valence-electron chi connectivity index (χ0n) is 69.0. The second-order valence-corrected chi connectivity index (χ2v) is 34.3. The molecule has 0 fully saturated rings. The lowest BCUT2D eigenvalue weighted by atomic mass is 9.83. The molecule has 9 aromatic carbocycles. The van der Waals surface area contributed by atoms with Crippen molar-refractivity contribution >= 4 is 98.1 Å². The summed E-state index contributed by atoms with van der Waals surface area (Å²) in [6.45, 7) is 33.0. The number of nitrogens with one attached hydrogen (secondary N) is 4. The molecule has 0 saturated carbocycles. The van der Waals surface area contributed by atoms with Gasteiger partial charge in [0, 0.05) is 89.7 Å². The number of benzene rings is 9. The first kappa shape index (κ1) is 87.9. The van der Waals surface area contributed by atoms with Crippen molar-refractivity contribution in [3.63, 3.8) is 0 Å². The number of halogens is 3. The number of pyridine rings is 3.